The fraction of sp³-hybridized carbons (Fsp3) is 0.208. The monoisotopic (exact) mass is 637 g/mol. The number of hydrogen-bond acceptors (Lipinski definition) is 0. The van der Waals surface area contributed by atoms with Crippen LogP contribution in [0.1, 0.15) is 68.7 Å². The molecule has 0 N–H and O–H groups in total. The molecule has 2 atom stereocenters. The van der Waals surface area contributed by atoms with Crippen LogP contribution >= 0.6 is 0 Å². The Balaban J connectivity index is 0.000000119. The van der Waals surface area contributed by atoms with Gasteiger partial charge in [0.05, 0.1) is 11.0 Å². The smallest absolute Gasteiger partial charge is 0.0543 e. The lowest BCUT2D eigenvalue weighted by Crippen LogP contribution is -2.24. The molecule has 3 aliphatic rings. The average Bonchev–Trinajstić information content (AvgIpc) is 3.57. The number of para-hydroxylation sites is 2. The first-order valence-corrected chi connectivity index (χ1v) is 17.7. The lowest BCUT2D eigenvalue weighted by molar-refractivity contribution is 0.393. The van der Waals surface area contributed by atoms with Crippen molar-refractivity contribution in [1.82, 2.24) is 4.57 Å². The first kappa shape index (κ1) is 32.4. The third-order valence-corrected chi connectivity index (χ3v) is 10.6. The van der Waals surface area contributed by atoms with Gasteiger partial charge in [-0.2, -0.15) is 0 Å². The van der Waals surface area contributed by atoms with Gasteiger partial charge in [0, 0.05) is 22.4 Å². The first-order valence-electron chi connectivity index (χ1n) is 17.7. The Labute approximate surface area is 292 Å². The molecule has 0 saturated heterocycles. The summed E-state index contributed by atoms with van der Waals surface area (Å²) in [7, 11) is 0. The largest absolute Gasteiger partial charge is 0.309 e. The van der Waals surface area contributed by atoms with Crippen LogP contribution in [0.5, 0.6) is 0 Å². The van der Waals surface area contributed by atoms with Gasteiger partial charge in [0.2, 0.25) is 0 Å². The highest BCUT2D eigenvalue weighted by atomic mass is 15.0. The molecule has 1 heteroatoms. The second-order valence-corrected chi connectivity index (χ2v) is 14.4. The SMILES string of the molecule is CC1=CC2c3ccccc3C(C)(C)C2C=C1.CC1=CC=C(c2ccccc2)CC1.Cc1ccc2c3ccccc3n(-c3ccccc3)c2c1. The quantitative estimate of drug-likeness (QED) is 0.178. The molecular weight excluding hydrogens is 591 g/mol. The predicted octanol–water partition coefficient (Wildman–Crippen LogP) is 13.1. The summed E-state index contributed by atoms with van der Waals surface area (Å²) in [5.41, 5.74) is 14.1. The summed E-state index contributed by atoms with van der Waals surface area (Å²) < 4.78 is 2.34. The Morgan fingerprint density at radius 3 is 2.06 bits per heavy atom. The van der Waals surface area contributed by atoms with E-state index in [1.165, 1.54) is 79.3 Å². The molecule has 5 aromatic carbocycles. The number of hydrogen-bond donors (Lipinski definition) is 0. The van der Waals surface area contributed by atoms with Crippen LogP contribution in [0.25, 0.3) is 33.1 Å². The van der Waals surface area contributed by atoms with Crippen molar-refractivity contribution in [2.45, 2.75) is 58.8 Å². The molecule has 0 fully saturated rings. The summed E-state index contributed by atoms with van der Waals surface area (Å²) >= 11 is 0. The van der Waals surface area contributed by atoms with Crippen molar-refractivity contribution < 1.29 is 0 Å². The maximum absolute atomic E-state index is 2.43. The zero-order valence-electron chi connectivity index (χ0n) is 29.5. The van der Waals surface area contributed by atoms with Crippen molar-refractivity contribution in [2.24, 2.45) is 5.92 Å². The number of benzene rings is 5. The van der Waals surface area contributed by atoms with Gasteiger partial charge in [0.1, 0.15) is 0 Å². The Hall–Kier alpha value is -5.14. The van der Waals surface area contributed by atoms with E-state index in [9.17, 15) is 0 Å². The Morgan fingerprint density at radius 1 is 0.633 bits per heavy atom. The highest BCUT2D eigenvalue weighted by molar-refractivity contribution is 6.09. The molecule has 1 nitrogen and oxygen atoms in total. The second kappa shape index (κ2) is 13.8. The van der Waals surface area contributed by atoms with Gasteiger partial charge in [-0.25, -0.2) is 0 Å². The Bertz CT molecular complexity index is 2220. The number of nitrogens with zero attached hydrogens (tertiary/aromatic N) is 1. The van der Waals surface area contributed by atoms with Crippen LogP contribution in [0.2, 0.25) is 0 Å². The van der Waals surface area contributed by atoms with Crippen molar-refractivity contribution in [3.8, 4) is 5.69 Å². The summed E-state index contributed by atoms with van der Waals surface area (Å²) in [5, 5.41) is 2.63. The molecule has 0 saturated carbocycles. The van der Waals surface area contributed by atoms with E-state index in [4.69, 9.17) is 0 Å². The van der Waals surface area contributed by atoms with E-state index in [2.05, 4.69) is 197 Å². The molecule has 0 spiro atoms. The van der Waals surface area contributed by atoms with Crippen molar-refractivity contribution in [1.29, 1.82) is 0 Å². The van der Waals surface area contributed by atoms with Gasteiger partial charge in [-0.05, 0) is 97.0 Å². The molecular formula is C48H47N. The second-order valence-electron chi connectivity index (χ2n) is 14.4. The lowest BCUT2D eigenvalue weighted by atomic mass is 9.74. The molecule has 0 aliphatic heterocycles. The van der Waals surface area contributed by atoms with Crippen molar-refractivity contribution in [2.75, 3.05) is 0 Å². The maximum atomic E-state index is 2.43. The van der Waals surface area contributed by atoms with Crippen molar-refractivity contribution in [3.05, 3.63) is 191 Å². The van der Waals surface area contributed by atoms with Gasteiger partial charge in [-0.15, -0.1) is 0 Å². The Kier molecular flexibility index (Phi) is 9.11. The highest BCUT2D eigenvalue weighted by Gasteiger charge is 2.44. The number of allylic oxidation sites excluding steroid dienone is 8. The lowest BCUT2D eigenvalue weighted by Gasteiger charge is -2.30. The van der Waals surface area contributed by atoms with Crippen molar-refractivity contribution >= 4 is 27.4 Å². The van der Waals surface area contributed by atoms with E-state index in [-0.39, 0.29) is 5.41 Å². The van der Waals surface area contributed by atoms with Crippen LogP contribution in [-0.2, 0) is 5.41 Å². The normalized spacial score (nSPS) is 18.6. The van der Waals surface area contributed by atoms with Gasteiger partial charge < -0.3 is 4.57 Å². The molecule has 244 valence electrons. The molecule has 3 aliphatic carbocycles. The van der Waals surface area contributed by atoms with E-state index >= 15 is 0 Å². The zero-order valence-corrected chi connectivity index (χ0v) is 29.5. The molecule has 9 rings (SSSR count). The average molecular weight is 638 g/mol. The summed E-state index contributed by atoms with van der Waals surface area (Å²) in [6.45, 7) is 11.3. The predicted molar refractivity (Wildman–Crippen MR) is 212 cm³/mol. The Morgan fingerprint density at radius 2 is 1.31 bits per heavy atom. The van der Waals surface area contributed by atoms with Crippen LogP contribution in [0, 0.1) is 12.8 Å². The van der Waals surface area contributed by atoms with Gasteiger partial charge in [-0.3, -0.25) is 0 Å². The van der Waals surface area contributed by atoms with Gasteiger partial charge >= 0.3 is 0 Å². The number of aromatic nitrogens is 1. The van der Waals surface area contributed by atoms with Crippen LogP contribution in [0.4, 0.5) is 0 Å². The number of rotatable bonds is 2. The molecule has 0 radical (unpaired) electrons. The van der Waals surface area contributed by atoms with E-state index in [1.54, 1.807) is 0 Å². The van der Waals surface area contributed by atoms with E-state index in [0.717, 1.165) is 0 Å². The third-order valence-electron chi connectivity index (χ3n) is 10.6. The third kappa shape index (κ3) is 6.51. The summed E-state index contributed by atoms with van der Waals surface area (Å²) in [6, 6.07) is 45.4. The minimum absolute atomic E-state index is 0.273. The molecule has 49 heavy (non-hydrogen) atoms. The van der Waals surface area contributed by atoms with E-state index in [0.29, 0.717) is 11.8 Å². The molecule has 1 heterocycles. The van der Waals surface area contributed by atoms with Crippen LogP contribution in [-0.4, -0.2) is 4.57 Å². The van der Waals surface area contributed by atoms with Gasteiger partial charge in [-0.1, -0.05) is 159 Å². The van der Waals surface area contributed by atoms with Gasteiger partial charge in [0.15, 0.2) is 0 Å². The molecule has 0 bridgehead atoms. The maximum Gasteiger partial charge on any atom is 0.0543 e. The fourth-order valence-electron chi connectivity index (χ4n) is 7.91. The van der Waals surface area contributed by atoms with Gasteiger partial charge in [0.25, 0.3) is 0 Å². The minimum Gasteiger partial charge on any atom is -0.309 e. The van der Waals surface area contributed by atoms with E-state index < -0.39 is 0 Å². The molecule has 2 unspecified atom stereocenters. The summed E-state index contributed by atoms with van der Waals surface area (Å²) in [6.07, 6.45) is 14.0. The fourth-order valence-corrected chi connectivity index (χ4v) is 7.91. The number of fused-ring (bicyclic) bond motifs is 6. The number of aryl methyl sites for hydroxylation is 1. The van der Waals surface area contributed by atoms with E-state index in [1.807, 2.05) is 0 Å². The van der Waals surface area contributed by atoms with Crippen LogP contribution in [0.15, 0.2) is 169 Å². The zero-order chi connectivity index (χ0) is 34.0. The molecule has 6 aromatic rings. The van der Waals surface area contributed by atoms with Crippen LogP contribution in [0.3, 0.4) is 0 Å². The summed E-state index contributed by atoms with van der Waals surface area (Å²) in [4.78, 5) is 0. The first-order chi connectivity index (χ1) is 23.8. The minimum atomic E-state index is 0.273. The molecule has 1 aromatic heterocycles. The standard InChI is InChI=1S/C19H15N.C16H18.C13H14/c1-14-11-12-17-16-9-5-6-10-18(16)20(19(17)13-14)15-7-3-2-4-8-15;1-11-8-9-15-13(10-11)12-6-4-5-7-14(12)16(15,2)3;1-11-7-9-13(10-8-11)12-5-3-2-4-6-12/h2-13H,1H3;4-10,13,15H,1-3H3;2-7,9H,8,10H2,1H3. The topological polar surface area (TPSA) is 4.93 Å². The molecule has 0 amide bonds. The highest BCUT2D eigenvalue weighted by Crippen LogP contribution is 2.53. The van der Waals surface area contributed by atoms with Crippen molar-refractivity contribution in [3.63, 3.8) is 0 Å². The summed E-state index contributed by atoms with van der Waals surface area (Å²) in [5.74, 6) is 1.23. The van der Waals surface area contributed by atoms with Crippen LogP contribution < -0.4 is 0 Å².